The molecule has 8 heteroatoms. The van der Waals surface area contributed by atoms with Crippen molar-refractivity contribution in [1.82, 2.24) is 0 Å². The summed E-state index contributed by atoms with van der Waals surface area (Å²) >= 11 is 3.29. The molecule has 4 aromatic rings. The summed E-state index contributed by atoms with van der Waals surface area (Å²) in [6.07, 6.45) is 5.49. The number of nitrogens with zero attached hydrogens (tertiary/aromatic N) is 1. The highest BCUT2D eigenvalue weighted by Gasteiger charge is 2.24. The number of aromatic nitrogens is 1. The number of thiophene rings is 1. The van der Waals surface area contributed by atoms with E-state index in [1.165, 1.54) is 5.56 Å². The van der Waals surface area contributed by atoms with E-state index in [0.717, 1.165) is 43.0 Å². The molecule has 0 fully saturated rings. The number of fused-ring (bicyclic) bond motifs is 3. The van der Waals surface area contributed by atoms with Crippen molar-refractivity contribution in [2.45, 2.75) is 26.3 Å². The first-order valence-electron chi connectivity index (χ1n) is 10.0. The molecule has 0 bridgehead atoms. The average Bonchev–Trinajstić information content (AvgIpc) is 3.36. The predicted molar refractivity (Wildman–Crippen MR) is 130 cm³/mol. The van der Waals surface area contributed by atoms with Gasteiger partial charge >= 0.3 is 0 Å². The van der Waals surface area contributed by atoms with Crippen LogP contribution in [0, 0.1) is 0 Å². The van der Waals surface area contributed by atoms with Gasteiger partial charge in [-0.3, -0.25) is 4.55 Å². The minimum Gasteiger partial charge on any atom is -0.496 e. The number of ether oxygens (including phenoxy) is 1. The van der Waals surface area contributed by atoms with E-state index in [9.17, 15) is 8.42 Å². The Morgan fingerprint density at radius 2 is 1.94 bits per heavy atom. The van der Waals surface area contributed by atoms with Crippen molar-refractivity contribution in [3.8, 4) is 5.75 Å². The van der Waals surface area contributed by atoms with E-state index in [4.69, 9.17) is 9.29 Å². The van der Waals surface area contributed by atoms with Crippen molar-refractivity contribution in [2.75, 3.05) is 12.9 Å². The van der Waals surface area contributed by atoms with E-state index in [1.807, 2.05) is 17.5 Å². The third kappa shape index (κ3) is 4.82. The first-order chi connectivity index (χ1) is 14.9. The van der Waals surface area contributed by atoms with Crippen LogP contribution in [0.25, 0.3) is 32.5 Å². The average molecular weight is 475 g/mol. The maximum Gasteiger partial charge on any atom is 0.265 e. The number of benzene rings is 2. The lowest BCUT2D eigenvalue weighted by atomic mass is 10.1. The Bertz CT molecular complexity index is 1350. The second kappa shape index (κ2) is 9.08. The molecule has 1 N–H and O–H groups in total. The van der Waals surface area contributed by atoms with Crippen molar-refractivity contribution in [3.05, 3.63) is 57.9 Å². The smallest absolute Gasteiger partial charge is 0.265 e. The number of hydrogen-bond donors (Lipinski definition) is 1. The van der Waals surface area contributed by atoms with Crippen molar-refractivity contribution in [3.63, 3.8) is 0 Å². The highest BCUT2D eigenvalue weighted by atomic mass is 32.2. The van der Waals surface area contributed by atoms with Crippen LogP contribution in [-0.4, -0.2) is 25.8 Å². The lowest BCUT2D eigenvalue weighted by Gasteiger charge is -2.02. The fraction of sp³-hybridized carbons (Fsp3) is 0.261. The zero-order chi connectivity index (χ0) is 22.0. The second-order valence-electron chi connectivity index (χ2n) is 7.25. The standard InChI is InChI=1S/C23H23NO4S3/c1-3-16-5-7-17(8-6-16)9-10-21-24(12-4-14-31(25,26)27)22-20(30-21)15-19(28-2)18-11-13-29-23(18)22/h5-11,13,15H,3-4,12,14H2,1-2H3/p+1/b10-9+. The van der Waals surface area contributed by atoms with Crippen LogP contribution in [0.5, 0.6) is 5.75 Å². The quantitative estimate of drug-likeness (QED) is 0.273. The molecule has 162 valence electrons. The Kier molecular flexibility index (Phi) is 6.43. The van der Waals surface area contributed by atoms with Crippen LogP contribution in [0.4, 0.5) is 0 Å². The minimum absolute atomic E-state index is 0.261. The molecule has 0 unspecified atom stereocenters. The van der Waals surface area contributed by atoms with Gasteiger partial charge in [0, 0.05) is 23.9 Å². The SMILES string of the molecule is CCc1ccc(/C=C/c2sc3cc(OC)c4ccsc4c3[n+]2CCCS(=O)(=O)O)cc1. The Balaban J connectivity index is 1.80. The first kappa shape index (κ1) is 22.0. The molecular weight excluding hydrogens is 450 g/mol. The molecule has 0 aliphatic rings. The molecule has 5 nitrogen and oxygen atoms in total. The highest BCUT2D eigenvalue weighted by molar-refractivity contribution is 7.85. The normalized spacial score (nSPS) is 12.4. The van der Waals surface area contributed by atoms with Gasteiger partial charge in [-0.2, -0.15) is 13.0 Å². The Labute approximate surface area is 190 Å². The van der Waals surface area contributed by atoms with Gasteiger partial charge in [0.15, 0.2) is 6.54 Å². The van der Waals surface area contributed by atoms with E-state index >= 15 is 0 Å². The molecule has 0 amide bonds. The van der Waals surface area contributed by atoms with Gasteiger partial charge in [0.05, 0.1) is 12.9 Å². The van der Waals surface area contributed by atoms with Crippen LogP contribution in [0.1, 0.15) is 29.5 Å². The third-order valence-electron chi connectivity index (χ3n) is 5.20. The second-order valence-corrected chi connectivity index (χ2v) is 10.8. The summed E-state index contributed by atoms with van der Waals surface area (Å²) in [7, 11) is -2.32. The molecule has 0 atom stereocenters. The van der Waals surface area contributed by atoms with Gasteiger partial charge in [-0.15, -0.1) is 11.3 Å². The van der Waals surface area contributed by atoms with E-state index in [0.29, 0.717) is 13.0 Å². The maximum absolute atomic E-state index is 11.2. The van der Waals surface area contributed by atoms with E-state index < -0.39 is 10.1 Å². The zero-order valence-electron chi connectivity index (χ0n) is 17.4. The predicted octanol–water partition coefficient (Wildman–Crippen LogP) is 5.42. The molecule has 0 saturated carbocycles. The Morgan fingerprint density at radius 3 is 2.61 bits per heavy atom. The lowest BCUT2D eigenvalue weighted by molar-refractivity contribution is -0.667. The van der Waals surface area contributed by atoms with Gasteiger partial charge in [-0.1, -0.05) is 42.5 Å². The van der Waals surface area contributed by atoms with Gasteiger partial charge in [0.25, 0.3) is 15.1 Å². The van der Waals surface area contributed by atoms with Crippen LogP contribution in [0.3, 0.4) is 0 Å². The molecular formula is C23H24NO4S3+. The number of thiazole rings is 1. The largest absolute Gasteiger partial charge is 0.496 e. The summed E-state index contributed by atoms with van der Waals surface area (Å²) in [5, 5.41) is 4.11. The van der Waals surface area contributed by atoms with E-state index in [-0.39, 0.29) is 5.75 Å². The van der Waals surface area contributed by atoms with Crippen LogP contribution in [0.15, 0.2) is 41.8 Å². The molecule has 2 aromatic heterocycles. The highest BCUT2D eigenvalue weighted by Crippen LogP contribution is 2.38. The molecule has 0 radical (unpaired) electrons. The van der Waals surface area contributed by atoms with Gasteiger partial charge in [-0.25, -0.2) is 0 Å². The van der Waals surface area contributed by atoms with Crippen LogP contribution < -0.4 is 9.30 Å². The number of methoxy groups -OCH3 is 1. The Hall–Kier alpha value is -2.26. The van der Waals surface area contributed by atoms with Gasteiger partial charge in [0.2, 0.25) is 5.52 Å². The summed E-state index contributed by atoms with van der Waals surface area (Å²) < 4.78 is 41.6. The monoisotopic (exact) mass is 474 g/mol. The summed E-state index contributed by atoms with van der Waals surface area (Å²) in [4.78, 5) is 0. The lowest BCUT2D eigenvalue weighted by Crippen LogP contribution is -2.36. The summed E-state index contributed by atoms with van der Waals surface area (Å²) in [6, 6.07) is 12.6. The number of rotatable bonds is 8. The fourth-order valence-electron chi connectivity index (χ4n) is 3.63. The summed E-state index contributed by atoms with van der Waals surface area (Å²) in [5.41, 5.74) is 3.48. The summed E-state index contributed by atoms with van der Waals surface area (Å²) in [6.45, 7) is 2.63. The molecule has 2 heterocycles. The molecule has 4 rings (SSSR count). The number of aryl methyl sites for hydroxylation is 2. The van der Waals surface area contributed by atoms with Crippen LogP contribution >= 0.6 is 22.7 Å². The molecule has 2 aromatic carbocycles. The first-order valence-corrected chi connectivity index (χ1v) is 13.3. The van der Waals surface area contributed by atoms with Gasteiger partial charge in [-0.05, 0) is 35.1 Å². The minimum atomic E-state index is -3.99. The van der Waals surface area contributed by atoms with Crippen molar-refractivity contribution >= 4 is 65.2 Å². The number of hydrogen-bond acceptors (Lipinski definition) is 5. The van der Waals surface area contributed by atoms with Gasteiger partial charge in [0.1, 0.15) is 15.1 Å². The molecule has 0 saturated heterocycles. The topological polar surface area (TPSA) is 67.5 Å². The van der Waals surface area contributed by atoms with E-state index in [1.54, 1.807) is 29.8 Å². The molecule has 31 heavy (non-hydrogen) atoms. The fourth-order valence-corrected chi connectivity index (χ4v) is 6.28. The van der Waals surface area contributed by atoms with Crippen molar-refractivity contribution < 1.29 is 22.3 Å². The van der Waals surface area contributed by atoms with Gasteiger partial charge < -0.3 is 4.74 Å². The van der Waals surface area contributed by atoms with Crippen molar-refractivity contribution in [2.24, 2.45) is 0 Å². The molecule has 0 aliphatic heterocycles. The third-order valence-corrected chi connectivity index (χ3v) is 8.02. The van der Waals surface area contributed by atoms with E-state index in [2.05, 4.69) is 47.9 Å². The molecule has 0 spiro atoms. The summed E-state index contributed by atoms with van der Waals surface area (Å²) in [5.74, 6) is 0.573. The molecule has 0 aliphatic carbocycles. The maximum atomic E-state index is 11.2. The van der Waals surface area contributed by atoms with Crippen molar-refractivity contribution in [1.29, 1.82) is 0 Å². The zero-order valence-corrected chi connectivity index (χ0v) is 19.8. The van der Waals surface area contributed by atoms with Crippen LogP contribution in [0.2, 0.25) is 0 Å². The Morgan fingerprint density at radius 1 is 1.16 bits per heavy atom. The van der Waals surface area contributed by atoms with Crippen LogP contribution in [-0.2, 0) is 23.1 Å².